The van der Waals surface area contributed by atoms with Gasteiger partial charge in [-0.1, -0.05) is 13.8 Å². The number of hydrogen-bond acceptors (Lipinski definition) is 5. The number of rotatable bonds is 10. The van der Waals surface area contributed by atoms with Crippen molar-refractivity contribution in [2.75, 3.05) is 13.2 Å². The highest BCUT2D eigenvalue weighted by molar-refractivity contribution is 7.47. The van der Waals surface area contributed by atoms with Gasteiger partial charge in [0.25, 0.3) is 0 Å². The Morgan fingerprint density at radius 3 is 1.53 bits per heavy atom. The van der Waals surface area contributed by atoms with Crippen LogP contribution in [0.2, 0.25) is 0 Å². The fraction of sp³-hybridized carbons (Fsp3) is 1.00. The molecule has 0 spiro atoms. The fourth-order valence-corrected chi connectivity index (χ4v) is 2.20. The highest BCUT2D eigenvalue weighted by Gasteiger charge is 2.29. The van der Waals surface area contributed by atoms with E-state index in [4.69, 9.17) is 18.5 Å². The molecule has 2 unspecified atom stereocenters. The molecule has 0 heterocycles. The Balaban J connectivity index is 4.29. The van der Waals surface area contributed by atoms with Gasteiger partial charge in [-0.05, 0) is 26.7 Å². The van der Waals surface area contributed by atoms with Gasteiger partial charge in [-0.2, -0.15) is 0 Å². The minimum atomic E-state index is -4.15. The Morgan fingerprint density at radius 2 is 1.29 bits per heavy atom. The van der Waals surface area contributed by atoms with Crippen LogP contribution in [0.5, 0.6) is 0 Å². The van der Waals surface area contributed by atoms with Gasteiger partial charge in [0, 0.05) is 13.2 Å². The molecule has 0 bridgehead atoms. The third-order valence-corrected chi connectivity index (χ3v) is 2.88. The summed E-state index contributed by atoms with van der Waals surface area (Å²) >= 11 is 0. The lowest BCUT2D eigenvalue weighted by Gasteiger charge is -2.22. The summed E-state index contributed by atoms with van der Waals surface area (Å²) in [4.78, 5) is 9.52. The van der Waals surface area contributed by atoms with Crippen molar-refractivity contribution in [2.45, 2.75) is 53.1 Å². The molecule has 0 amide bonds. The number of ether oxygens (including phenoxy) is 2. The van der Waals surface area contributed by atoms with Gasteiger partial charge in [-0.15, -0.1) is 0 Å². The predicted molar refractivity (Wildman–Crippen MR) is 63.4 cm³/mol. The second-order valence-corrected chi connectivity index (χ2v) is 4.62. The van der Waals surface area contributed by atoms with E-state index in [-0.39, 0.29) is 0 Å². The highest BCUT2D eigenvalue weighted by Crippen LogP contribution is 2.47. The summed E-state index contributed by atoms with van der Waals surface area (Å²) in [6.07, 6.45) is -0.551. The zero-order chi connectivity index (χ0) is 13.3. The number of hydrogen-bond donors (Lipinski definition) is 1. The second kappa shape index (κ2) is 9.03. The van der Waals surface area contributed by atoms with E-state index in [2.05, 4.69) is 0 Å². The standard InChI is InChI=1S/C10H23O6P/c1-5-9(13-7-3)15-17(11,12)16-10(6-2)14-8-4/h9-10H,5-8H2,1-4H3,(H,11,12). The molecule has 2 atom stereocenters. The van der Waals surface area contributed by atoms with Gasteiger partial charge in [-0.25, -0.2) is 4.57 Å². The summed E-state index contributed by atoms with van der Waals surface area (Å²) in [6.45, 7) is 7.96. The van der Waals surface area contributed by atoms with Crippen LogP contribution in [0.4, 0.5) is 0 Å². The quantitative estimate of drug-likeness (QED) is 0.486. The number of phosphoric ester groups is 1. The minimum absolute atomic E-state index is 0.404. The molecule has 1 N–H and O–H groups in total. The van der Waals surface area contributed by atoms with Crippen molar-refractivity contribution in [1.82, 2.24) is 0 Å². The molecule has 17 heavy (non-hydrogen) atoms. The van der Waals surface area contributed by atoms with Gasteiger partial charge in [0.05, 0.1) is 0 Å². The van der Waals surface area contributed by atoms with Gasteiger partial charge in [0.15, 0.2) is 12.6 Å². The average molecular weight is 270 g/mol. The Kier molecular flexibility index (Phi) is 9.04. The van der Waals surface area contributed by atoms with Gasteiger partial charge in [0.2, 0.25) is 0 Å². The highest BCUT2D eigenvalue weighted by atomic mass is 31.2. The summed E-state index contributed by atoms with van der Waals surface area (Å²) in [6, 6.07) is 0. The first-order valence-electron chi connectivity index (χ1n) is 5.91. The maximum Gasteiger partial charge on any atom is 0.476 e. The zero-order valence-electron chi connectivity index (χ0n) is 10.9. The van der Waals surface area contributed by atoms with Crippen molar-refractivity contribution in [2.24, 2.45) is 0 Å². The summed E-state index contributed by atoms with van der Waals surface area (Å²) in [7, 11) is -4.15. The summed E-state index contributed by atoms with van der Waals surface area (Å²) < 4.78 is 31.7. The molecule has 0 aromatic rings. The average Bonchev–Trinajstić information content (AvgIpc) is 2.27. The lowest BCUT2D eigenvalue weighted by atomic mass is 10.5. The predicted octanol–water partition coefficient (Wildman–Crippen LogP) is 2.67. The molecule has 0 fully saturated rings. The monoisotopic (exact) mass is 270 g/mol. The fourth-order valence-electron chi connectivity index (χ4n) is 1.14. The molecular weight excluding hydrogens is 247 g/mol. The summed E-state index contributed by atoms with van der Waals surface area (Å²) in [5.74, 6) is 0. The summed E-state index contributed by atoms with van der Waals surface area (Å²) in [5.41, 5.74) is 0. The van der Waals surface area contributed by atoms with E-state index in [1.807, 2.05) is 0 Å². The molecule has 6 nitrogen and oxygen atoms in total. The molecule has 0 aliphatic heterocycles. The van der Waals surface area contributed by atoms with Crippen molar-refractivity contribution in [3.63, 3.8) is 0 Å². The zero-order valence-corrected chi connectivity index (χ0v) is 11.8. The van der Waals surface area contributed by atoms with Crippen LogP contribution in [0.1, 0.15) is 40.5 Å². The van der Waals surface area contributed by atoms with E-state index in [0.717, 1.165) is 0 Å². The van der Waals surface area contributed by atoms with Gasteiger partial charge in [-0.3, -0.25) is 9.05 Å². The molecule has 104 valence electrons. The normalized spacial score (nSPS) is 18.6. The first-order valence-corrected chi connectivity index (χ1v) is 7.41. The van der Waals surface area contributed by atoms with Crippen LogP contribution < -0.4 is 0 Å². The Hall–Kier alpha value is 0.0300. The van der Waals surface area contributed by atoms with E-state index in [1.165, 1.54) is 0 Å². The van der Waals surface area contributed by atoms with Crippen LogP contribution in [0.3, 0.4) is 0 Å². The lowest BCUT2D eigenvalue weighted by Crippen LogP contribution is -2.19. The maximum atomic E-state index is 11.7. The number of phosphoric acid groups is 1. The second-order valence-electron chi connectivity index (χ2n) is 3.27. The molecule has 0 rings (SSSR count). The lowest BCUT2D eigenvalue weighted by molar-refractivity contribution is -0.127. The Bertz CT molecular complexity index is 215. The SMILES string of the molecule is CCOC(CC)OP(=O)(O)OC(CC)OCC. The third kappa shape index (κ3) is 7.86. The van der Waals surface area contributed by atoms with Crippen molar-refractivity contribution in [1.29, 1.82) is 0 Å². The van der Waals surface area contributed by atoms with Crippen LogP contribution in [-0.4, -0.2) is 30.7 Å². The maximum absolute atomic E-state index is 11.7. The van der Waals surface area contributed by atoms with Crippen LogP contribution in [0, 0.1) is 0 Å². The Morgan fingerprint density at radius 1 is 0.941 bits per heavy atom. The van der Waals surface area contributed by atoms with Crippen molar-refractivity contribution >= 4 is 7.82 Å². The smallest absolute Gasteiger partial charge is 0.352 e. The van der Waals surface area contributed by atoms with Crippen LogP contribution in [-0.2, 0) is 23.1 Å². The van der Waals surface area contributed by atoms with E-state index in [0.29, 0.717) is 26.1 Å². The molecule has 0 aromatic carbocycles. The van der Waals surface area contributed by atoms with Crippen LogP contribution >= 0.6 is 7.82 Å². The molecule has 0 saturated heterocycles. The molecule has 7 heteroatoms. The van der Waals surface area contributed by atoms with Gasteiger partial charge >= 0.3 is 7.82 Å². The molecular formula is C10H23O6P. The summed E-state index contributed by atoms with van der Waals surface area (Å²) in [5, 5.41) is 0. The topological polar surface area (TPSA) is 74.2 Å². The molecule has 0 aliphatic carbocycles. The van der Waals surface area contributed by atoms with E-state index >= 15 is 0 Å². The van der Waals surface area contributed by atoms with E-state index in [1.54, 1.807) is 27.7 Å². The molecule has 0 aromatic heterocycles. The van der Waals surface area contributed by atoms with E-state index in [9.17, 15) is 9.46 Å². The van der Waals surface area contributed by atoms with Gasteiger partial charge < -0.3 is 14.4 Å². The first kappa shape index (κ1) is 17.0. The van der Waals surface area contributed by atoms with Crippen molar-refractivity contribution in [3.8, 4) is 0 Å². The molecule has 0 aliphatic rings. The largest absolute Gasteiger partial charge is 0.476 e. The molecule has 0 radical (unpaired) electrons. The van der Waals surface area contributed by atoms with Crippen molar-refractivity contribution in [3.05, 3.63) is 0 Å². The molecule has 0 saturated carbocycles. The van der Waals surface area contributed by atoms with Crippen LogP contribution in [0.15, 0.2) is 0 Å². The Labute approximate surface area is 103 Å². The van der Waals surface area contributed by atoms with Crippen molar-refractivity contribution < 1.29 is 28.0 Å². The van der Waals surface area contributed by atoms with Crippen LogP contribution in [0.25, 0.3) is 0 Å². The first-order chi connectivity index (χ1) is 7.99. The van der Waals surface area contributed by atoms with E-state index < -0.39 is 20.4 Å². The van der Waals surface area contributed by atoms with Gasteiger partial charge in [0.1, 0.15) is 0 Å². The third-order valence-electron chi connectivity index (χ3n) is 1.87. The minimum Gasteiger partial charge on any atom is -0.352 e.